The van der Waals surface area contributed by atoms with Crippen LogP contribution in [0.1, 0.15) is 18.1 Å². The Kier molecular flexibility index (Phi) is 2.50. The van der Waals surface area contributed by atoms with E-state index in [4.69, 9.17) is 23.2 Å². The maximum atomic E-state index is 6.09. The molecule has 2 rings (SSSR count). The van der Waals surface area contributed by atoms with E-state index in [0.29, 0.717) is 16.1 Å². The third-order valence-corrected chi connectivity index (χ3v) is 3.29. The lowest BCUT2D eigenvalue weighted by atomic mass is 9.97. The summed E-state index contributed by atoms with van der Waals surface area (Å²) in [7, 11) is 0. The molecule has 3 heteroatoms. The highest BCUT2D eigenvalue weighted by Crippen LogP contribution is 2.30. The maximum absolute atomic E-state index is 6.09. The average molecular weight is 216 g/mol. The summed E-state index contributed by atoms with van der Waals surface area (Å²) in [5, 5.41) is 4.72. The molecule has 1 nitrogen and oxygen atoms in total. The third-order valence-electron chi connectivity index (χ3n) is 2.45. The molecule has 1 aromatic carbocycles. The Labute approximate surface area is 88.0 Å². The Morgan fingerprint density at radius 1 is 1.38 bits per heavy atom. The van der Waals surface area contributed by atoms with Gasteiger partial charge in [-0.25, -0.2) is 0 Å². The predicted molar refractivity (Wildman–Crippen MR) is 56.5 cm³/mol. The number of rotatable bonds is 0. The molecule has 0 radical (unpaired) electrons. The zero-order chi connectivity index (χ0) is 9.42. The predicted octanol–water partition coefficient (Wildman–Crippen LogP) is 3.03. The zero-order valence-electron chi connectivity index (χ0n) is 7.40. The van der Waals surface area contributed by atoms with Crippen LogP contribution >= 0.6 is 23.2 Å². The van der Waals surface area contributed by atoms with Crippen molar-refractivity contribution in [2.24, 2.45) is 0 Å². The summed E-state index contributed by atoms with van der Waals surface area (Å²) in [6.07, 6.45) is 1.03. The summed E-state index contributed by atoms with van der Waals surface area (Å²) in [6, 6.07) is 4.48. The molecular formula is C10H11Cl2N. The SMILES string of the molecule is CC1Cc2ccc(Cl)c(Cl)c2CN1. The molecule has 1 aliphatic heterocycles. The monoisotopic (exact) mass is 215 g/mol. The number of hydrogen-bond acceptors (Lipinski definition) is 1. The van der Waals surface area contributed by atoms with Crippen LogP contribution in [-0.2, 0) is 13.0 Å². The van der Waals surface area contributed by atoms with Gasteiger partial charge in [0.05, 0.1) is 10.0 Å². The highest BCUT2D eigenvalue weighted by Gasteiger charge is 2.17. The van der Waals surface area contributed by atoms with Gasteiger partial charge in [0.25, 0.3) is 0 Å². The molecular weight excluding hydrogens is 205 g/mol. The molecule has 0 amide bonds. The van der Waals surface area contributed by atoms with Crippen molar-refractivity contribution >= 4 is 23.2 Å². The van der Waals surface area contributed by atoms with Crippen molar-refractivity contribution < 1.29 is 0 Å². The van der Waals surface area contributed by atoms with Gasteiger partial charge in [0.1, 0.15) is 0 Å². The van der Waals surface area contributed by atoms with Crippen LogP contribution in [0.2, 0.25) is 10.0 Å². The smallest absolute Gasteiger partial charge is 0.0640 e. The Balaban J connectivity index is 2.47. The summed E-state index contributed by atoms with van der Waals surface area (Å²) >= 11 is 12.0. The zero-order valence-corrected chi connectivity index (χ0v) is 8.91. The molecule has 0 fully saturated rings. The van der Waals surface area contributed by atoms with Crippen molar-refractivity contribution in [3.05, 3.63) is 33.3 Å². The summed E-state index contributed by atoms with van der Waals surface area (Å²) < 4.78 is 0. The second-order valence-corrected chi connectivity index (χ2v) is 4.27. The molecule has 13 heavy (non-hydrogen) atoms. The first-order valence-electron chi connectivity index (χ1n) is 4.37. The van der Waals surface area contributed by atoms with E-state index in [2.05, 4.69) is 18.3 Å². The summed E-state index contributed by atoms with van der Waals surface area (Å²) in [4.78, 5) is 0. The van der Waals surface area contributed by atoms with Crippen LogP contribution in [0.15, 0.2) is 12.1 Å². The molecule has 1 aliphatic rings. The largest absolute Gasteiger partial charge is 0.310 e. The number of halogens is 2. The van der Waals surface area contributed by atoms with Crippen LogP contribution in [0.3, 0.4) is 0 Å². The van der Waals surface area contributed by atoms with E-state index in [1.165, 1.54) is 5.56 Å². The van der Waals surface area contributed by atoms with E-state index in [1.54, 1.807) is 0 Å². The van der Waals surface area contributed by atoms with Crippen LogP contribution in [0.4, 0.5) is 0 Å². The molecule has 70 valence electrons. The lowest BCUT2D eigenvalue weighted by molar-refractivity contribution is 0.514. The Bertz CT molecular complexity index is 336. The van der Waals surface area contributed by atoms with E-state index in [9.17, 15) is 0 Å². The van der Waals surface area contributed by atoms with E-state index in [1.807, 2.05) is 6.07 Å². The van der Waals surface area contributed by atoms with Gasteiger partial charge < -0.3 is 5.32 Å². The molecule has 0 saturated carbocycles. The van der Waals surface area contributed by atoms with Crippen LogP contribution in [0.5, 0.6) is 0 Å². The van der Waals surface area contributed by atoms with Crippen LogP contribution in [0.25, 0.3) is 0 Å². The fourth-order valence-electron chi connectivity index (χ4n) is 1.69. The number of hydrogen-bond donors (Lipinski definition) is 1. The molecule has 1 atom stereocenters. The molecule has 1 unspecified atom stereocenters. The van der Waals surface area contributed by atoms with Gasteiger partial charge in [-0.3, -0.25) is 0 Å². The van der Waals surface area contributed by atoms with E-state index in [-0.39, 0.29) is 0 Å². The van der Waals surface area contributed by atoms with Gasteiger partial charge in [0, 0.05) is 12.6 Å². The van der Waals surface area contributed by atoms with Gasteiger partial charge >= 0.3 is 0 Å². The minimum atomic E-state index is 0.532. The molecule has 0 aromatic heterocycles. The van der Waals surface area contributed by atoms with Gasteiger partial charge in [-0.1, -0.05) is 29.3 Å². The summed E-state index contributed by atoms with van der Waals surface area (Å²) in [5.74, 6) is 0. The normalized spacial score (nSPS) is 21.3. The second-order valence-electron chi connectivity index (χ2n) is 3.49. The first kappa shape index (κ1) is 9.32. The third kappa shape index (κ3) is 1.69. The van der Waals surface area contributed by atoms with Crippen molar-refractivity contribution in [3.8, 4) is 0 Å². The van der Waals surface area contributed by atoms with Crippen molar-refractivity contribution in [2.45, 2.75) is 25.9 Å². The quantitative estimate of drug-likeness (QED) is 0.702. The van der Waals surface area contributed by atoms with E-state index >= 15 is 0 Å². The van der Waals surface area contributed by atoms with Crippen molar-refractivity contribution in [3.63, 3.8) is 0 Å². The highest BCUT2D eigenvalue weighted by atomic mass is 35.5. The number of fused-ring (bicyclic) bond motifs is 1. The Hall–Kier alpha value is -0.240. The van der Waals surface area contributed by atoms with Crippen LogP contribution < -0.4 is 5.32 Å². The molecule has 1 N–H and O–H groups in total. The maximum Gasteiger partial charge on any atom is 0.0640 e. The molecule has 1 heterocycles. The molecule has 0 spiro atoms. The van der Waals surface area contributed by atoms with E-state index < -0.39 is 0 Å². The van der Waals surface area contributed by atoms with Crippen molar-refractivity contribution in [1.82, 2.24) is 5.32 Å². The van der Waals surface area contributed by atoms with Crippen LogP contribution in [0, 0.1) is 0 Å². The highest BCUT2D eigenvalue weighted by molar-refractivity contribution is 6.42. The molecule has 0 saturated heterocycles. The van der Waals surface area contributed by atoms with Gasteiger partial charge in [-0.15, -0.1) is 0 Å². The standard InChI is InChI=1S/C10H11Cl2N/c1-6-4-7-2-3-9(11)10(12)8(7)5-13-6/h2-3,6,13H,4-5H2,1H3. The Morgan fingerprint density at radius 2 is 2.15 bits per heavy atom. The van der Waals surface area contributed by atoms with Gasteiger partial charge in [-0.2, -0.15) is 0 Å². The lowest BCUT2D eigenvalue weighted by Gasteiger charge is -2.24. The fourth-order valence-corrected chi connectivity index (χ4v) is 2.12. The Morgan fingerprint density at radius 3 is 2.92 bits per heavy atom. The van der Waals surface area contributed by atoms with Crippen molar-refractivity contribution in [1.29, 1.82) is 0 Å². The first-order valence-corrected chi connectivity index (χ1v) is 5.13. The summed E-state index contributed by atoms with van der Waals surface area (Å²) in [6.45, 7) is 3.00. The fraction of sp³-hybridized carbons (Fsp3) is 0.400. The van der Waals surface area contributed by atoms with Gasteiger partial charge in [-0.05, 0) is 30.5 Å². The molecule has 0 bridgehead atoms. The molecule has 1 aromatic rings. The second kappa shape index (κ2) is 3.49. The van der Waals surface area contributed by atoms with E-state index in [0.717, 1.165) is 18.5 Å². The minimum absolute atomic E-state index is 0.532. The van der Waals surface area contributed by atoms with Gasteiger partial charge in [0.15, 0.2) is 0 Å². The average Bonchev–Trinajstić information content (AvgIpc) is 2.12. The molecule has 0 aliphatic carbocycles. The summed E-state index contributed by atoms with van der Waals surface area (Å²) in [5.41, 5.74) is 2.48. The van der Waals surface area contributed by atoms with Crippen LogP contribution in [-0.4, -0.2) is 6.04 Å². The first-order chi connectivity index (χ1) is 6.18. The van der Waals surface area contributed by atoms with Gasteiger partial charge in [0.2, 0.25) is 0 Å². The number of benzene rings is 1. The number of nitrogens with one attached hydrogen (secondary N) is 1. The lowest BCUT2D eigenvalue weighted by Crippen LogP contribution is -2.32. The van der Waals surface area contributed by atoms with Crippen molar-refractivity contribution in [2.75, 3.05) is 0 Å². The topological polar surface area (TPSA) is 12.0 Å². The minimum Gasteiger partial charge on any atom is -0.310 e.